The summed E-state index contributed by atoms with van der Waals surface area (Å²) in [4.78, 5) is 11.8. The van der Waals surface area contributed by atoms with Gasteiger partial charge in [-0.2, -0.15) is 0 Å². The van der Waals surface area contributed by atoms with Crippen LogP contribution in [-0.2, 0) is 4.79 Å². The van der Waals surface area contributed by atoms with Gasteiger partial charge in [0.25, 0.3) is 0 Å². The van der Waals surface area contributed by atoms with Crippen LogP contribution in [0.2, 0.25) is 0 Å². The summed E-state index contributed by atoms with van der Waals surface area (Å²) >= 11 is 0. The normalized spacial score (nSPS) is 41.0. The standard InChI is InChI=1S/C11H18O2/c12-9-5-1-3-7-11(9)8-4-2-6-10(11)13/h9,12H,1-8H2/t9?,11-/m0/s1. The van der Waals surface area contributed by atoms with Crippen LogP contribution in [0, 0.1) is 5.41 Å². The summed E-state index contributed by atoms with van der Waals surface area (Å²) in [6.45, 7) is 0. The molecule has 1 spiro atoms. The molecule has 13 heavy (non-hydrogen) atoms. The number of Topliss-reactive ketones (excluding diaryl/α,β-unsaturated/α-hetero) is 1. The molecule has 2 saturated carbocycles. The van der Waals surface area contributed by atoms with E-state index in [1.807, 2.05) is 0 Å². The molecule has 2 nitrogen and oxygen atoms in total. The maximum atomic E-state index is 11.8. The van der Waals surface area contributed by atoms with Gasteiger partial charge in [-0.1, -0.05) is 19.3 Å². The van der Waals surface area contributed by atoms with Gasteiger partial charge in [0.1, 0.15) is 5.78 Å². The van der Waals surface area contributed by atoms with Gasteiger partial charge in [-0.3, -0.25) is 4.79 Å². The van der Waals surface area contributed by atoms with Crippen molar-refractivity contribution < 1.29 is 9.90 Å². The molecule has 0 heterocycles. The van der Waals surface area contributed by atoms with Crippen LogP contribution >= 0.6 is 0 Å². The van der Waals surface area contributed by atoms with E-state index in [4.69, 9.17) is 0 Å². The highest BCUT2D eigenvalue weighted by molar-refractivity contribution is 5.86. The van der Waals surface area contributed by atoms with E-state index in [2.05, 4.69) is 0 Å². The van der Waals surface area contributed by atoms with E-state index in [9.17, 15) is 9.90 Å². The van der Waals surface area contributed by atoms with Gasteiger partial charge in [0, 0.05) is 6.42 Å². The highest BCUT2D eigenvalue weighted by atomic mass is 16.3. The number of ketones is 1. The molecule has 0 radical (unpaired) electrons. The van der Waals surface area contributed by atoms with E-state index < -0.39 is 0 Å². The summed E-state index contributed by atoms with van der Waals surface area (Å²) in [6.07, 6.45) is 7.46. The van der Waals surface area contributed by atoms with Crippen molar-refractivity contribution in [3.8, 4) is 0 Å². The molecule has 2 aliphatic carbocycles. The summed E-state index contributed by atoms with van der Waals surface area (Å²) in [5.41, 5.74) is -0.309. The molecule has 2 atom stereocenters. The molecule has 2 aliphatic rings. The molecule has 0 amide bonds. The van der Waals surface area contributed by atoms with E-state index >= 15 is 0 Å². The lowest BCUT2D eigenvalue weighted by atomic mass is 9.63. The van der Waals surface area contributed by atoms with Crippen LogP contribution < -0.4 is 0 Å². The summed E-state index contributed by atoms with van der Waals surface area (Å²) in [5.74, 6) is 0.339. The van der Waals surface area contributed by atoms with Crippen LogP contribution in [0.3, 0.4) is 0 Å². The van der Waals surface area contributed by atoms with E-state index in [0.717, 1.165) is 44.9 Å². The minimum atomic E-state index is -0.339. The van der Waals surface area contributed by atoms with Crippen molar-refractivity contribution in [2.75, 3.05) is 0 Å². The number of rotatable bonds is 0. The molecule has 0 aromatic carbocycles. The Morgan fingerprint density at radius 1 is 1.15 bits per heavy atom. The molecule has 2 heteroatoms. The van der Waals surface area contributed by atoms with Crippen LogP contribution in [0.15, 0.2) is 0 Å². The fraction of sp³-hybridized carbons (Fsp3) is 0.909. The zero-order valence-electron chi connectivity index (χ0n) is 8.09. The Labute approximate surface area is 79.3 Å². The predicted octanol–water partition coefficient (Wildman–Crippen LogP) is 2.05. The lowest BCUT2D eigenvalue weighted by molar-refractivity contribution is -0.143. The van der Waals surface area contributed by atoms with Crippen LogP contribution in [0.5, 0.6) is 0 Å². The van der Waals surface area contributed by atoms with Gasteiger partial charge in [0.2, 0.25) is 0 Å². The number of hydrogen-bond donors (Lipinski definition) is 1. The monoisotopic (exact) mass is 182 g/mol. The lowest BCUT2D eigenvalue weighted by Crippen LogP contribution is -2.46. The quantitative estimate of drug-likeness (QED) is 0.622. The molecule has 0 bridgehead atoms. The van der Waals surface area contributed by atoms with E-state index in [0.29, 0.717) is 12.2 Å². The fourth-order valence-corrected chi connectivity index (χ4v) is 2.95. The van der Waals surface area contributed by atoms with Crippen molar-refractivity contribution in [1.29, 1.82) is 0 Å². The smallest absolute Gasteiger partial charge is 0.141 e. The minimum absolute atomic E-state index is 0.309. The summed E-state index contributed by atoms with van der Waals surface area (Å²) in [7, 11) is 0. The Bertz CT molecular complexity index is 206. The average molecular weight is 182 g/mol. The molecule has 74 valence electrons. The predicted molar refractivity (Wildman–Crippen MR) is 50.4 cm³/mol. The van der Waals surface area contributed by atoms with Crippen molar-refractivity contribution in [1.82, 2.24) is 0 Å². The zero-order valence-corrected chi connectivity index (χ0v) is 8.09. The summed E-state index contributed by atoms with van der Waals surface area (Å²) in [5, 5.41) is 9.93. The van der Waals surface area contributed by atoms with Gasteiger partial charge in [-0.15, -0.1) is 0 Å². The zero-order chi connectivity index (χ0) is 9.31. The molecule has 0 aliphatic heterocycles. The first-order valence-electron chi connectivity index (χ1n) is 5.47. The van der Waals surface area contributed by atoms with Crippen molar-refractivity contribution in [2.24, 2.45) is 5.41 Å². The lowest BCUT2D eigenvalue weighted by Gasteiger charge is -2.42. The topological polar surface area (TPSA) is 37.3 Å². The Hall–Kier alpha value is -0.370. The first-order valence-corrected chi connectivity index (χ1v) is 5.47. The third-order valence-corrected chi connectivity index (χ3v) is 3.82. The number of aliphatic hydroxyl groups is 1. The molecule has 0 aromatic rings. The number of aliphatic hydroxyl groups excluding tert-OH is 1. The third kappa shape index (κ3) is 1.41. The largest absolute Gasteiger partial charge is 0.392 e. The maximum Gasteiger partial charge on any atom is 0.141 e. The van der Waals surface area contributed by atoms with Crippen molar-refractivity contribution in [3.63, 3.8) is 0 Å². The highest BCUT2D eigenvalue weighted by Crippen LogP contribution is 2.45. The molecular weight excluding hydrogens is 164 g/mol. The number of hydrogen-bond acceptors (Lipinski definition) is 2. The van der Waals surface area contributed by atoms with E-state index in [1.165, 1.54) is 0 Å². The molecule has 1 N–H and O–H groups in total. The SMILES string of the molecule is O=C1CCCC[C@]12CCCCC2O. The number of carbonyl (C=O) groups is 1. The Morgan fingerprint density at radius 3 is 2.54 bits per heavy atom. The molecule has 2 fully saturated rings. The fourth-order valence-electron chi connectivity index (χ4n) is 2.95. The second kappa shape index (κ2) is 3.41. The minimum Gasteiger partial charge on any atom is -0.392 e. The van der Waals surface area contributed by atoms with Gasteiger partial charge in [-0.25, -0.2) is 0 Å². The molecule has 1 unspecified atom stereocenters. The van der Waals surface area contributed by atoms with E-state index in [-0.39, 0.29) is 11.5 Å². The molecular formula is C11H18O2. The van der Waals surface area contributed by atoms with Crippen molar-refractivity contribution in [2.45, 2.75) is 57.5 Å². The van der Waals surface area contributed by atoms with Crippen molar-refractivity contribution >= 4 is 5.78 Å². The Morgan fingerprint density at radius 2 is 1.85 bits per heavy atom. The summed E-state index contributed by atoms with van der Waals surface area (Å²) < 4.78 is 0. The third-order valence-electron chi connectivity index (χ3n) is 3.82. The number of carbonyl (C=O) groups excluding carboxylic acids is 1. The Balaban J connectivity index is 2.18. The first kappa shape index (κ1) is 9.20. The van der Waals surface area contributed by atoms with Crippen molar-refractivity contribution in [3.05, 3.63) is 0 Å². The highest BCUT2D eigenvalue weighted by Gasteiger charge is 2.46. The molecule has 0 saturated heterocycles. The molecule has 2 rings (SSSR count). The average Bonchev–Trinajstić information content (AvgIpc) is 2.15. The molecule has 0 aromatic heterocycles. The van der Waals surface area contributed by atoms with Crippen LogP contribution in [-0.4, -0.2) is 17.0 Å². The second-order valence-corrected chi connectivity index (χ2v) is 4.55. The van der Waals surface area contributed by atoms with Gasteiger partial charge in [-0.05, 0) is 25.7 Å². The van der Waals surface area contributed by atoms with Gasteiger partial charge >= 0.3 is 0 Å². The Kier molecular flexibility index (Phi) is 2.41. The van der Waals surface area contributed by atoms with Gasteiger partial charge in [0.15, 0.2) is 0 Å². The second-order valence-electron chi connectivity index (χ2n) is 4.55. The summed E-state index contributed by atoms with van der Waals surface area (Å²) in [6, 6.07) is 0. The van der Waals surface area contributed by atoms with Gasteiger partial charge < -0.3 is 5.11 Å². The van der Waals surface area contributed by atoms with Crippen LogP contribution in [0.1, 0.15) is 51.4 Å². The van der Waals surface area contributed by atoms with Crippen LogP contribution in [0.25, 0.3) is 0 Å². The van der Waals surface area contributed by atoms with Gasteiger partial charge in [0.05, 0.1) is 11.5 Å². The van der Waals surface area contributed by atoms with E-state index in [1.54, 1.807) is 0 Å². The first-order chi connectivity index (χ1) is 6.26. The maximum absolute atomic E-state index is 11.8. The van der Waals surface area contributed by atoms with Crippen LogP contribution in [0.4, 0.5) is 0 Å².